The van der Waals surface area contributed by atoms with E-state index in [0.717, 1.165) is 0 Å². The van der Waals surface area contributed by atoms with Crippen LogP contribution in [-0.2, 0) is 71.2 Å². The van der Waals surface area contributed by atoms with Crippen molar-refractivity contribution in [2.24, 2.45) is 0 Å². The number of hydrogen-bond donors (Lipinski definition) is 18. The van der Waals surface area contributed by atoms with Crippen LogP contribution in [0.4, 0.5) is 0 Å². The molecule has 22 heterocycles. The molecule has 0 unspecified atom stereocenters. The van der Waals surface area contributed by atoms with Gasteiger partial charge in [-0.05, 0) is 0 Å². The number of rotatable bonds is 10. The molecule has 0 spiro atoms. The van der Waals surface area contributed by atoms with Crippen LogP contribution < -0.4 is 0 Å². The number of carbonyl (C=O) groups excluding carboxylic acids is 1. The van der Waals surface area contributed by atoms with Gasteiger partial charge >= 0.3 is 11.9 Å². The zero-order valence-corrected chi connectivity index (χ0v) is 38.2. The third kappa shape index (κ3) is 12.2. The Kier molecular flexibility index (Phi) is 20.1. The van der Waals surface area contributed by atoms with Gasteiger partial charge in [0.25, 0.3) is 0 Å². The molecule has 22 saturated heterocycles. The predicted octanol–water partition coefficient (Wildman–Crippen LogP) is -12.6. The summed E-state index contributed by atoms with van der Waals surface area (Å²) in [5.74, 6) is -2.50. The molecule has 22 aliphatic heterocycles. The highest BCUT2D eigenvalue weighted by molar-refractivity contribution is 5.76. The van der Waals surface area contributed by atoms with E-state index >= 15 is 0 Å². The number of hydrogen-bond acceptors (Lipinski definition) is 32. The number of esters is 1. The first-order chi connectivity index (χ1) is 34.7. The molecule has 0 amide bonds. The molecule has 0 saturated carbocycles. The van der Waals surface area contributed by atoms with Crippen LogP contribution in [0.2, 0.25) is 0 Å². The molecular formula is C40H64O33. The third-order valence-electron chi connectivity index (χ3n) is 13.4. The molecule has 33 heteroatoms. The SMILES string of the molecule is O=C(O)CCC(=O)OC[C@H]1O[C@@H]2O[C@H]3[C@H](O)[C@@H](O)[C@@H](O[C@H]4[C@H](O)[C@@H](O)[C@@H](O[C@H]5[C@H](O)[C@@H](O)[C@@H](O[C@H]6[C@H](O)[C@@H](O)[C@@H](O[C@H]7[C@H](O)[C@@H](O)[C@@H](O[C@H]1[C@H](O)[C@H]2O)O[C@@H]7CO)O[C@@H]6CO)O[C@@H]5CO)O[C@@H]4CO)O[C@@H]3CO. The molecule has 0 aromatic carbocycles. The first-order valence-corrected chi connectivity index (χ1v) is 23.1. The summed E-state index contributed by atoms with van der Waals surface area (Å²) in [5, 5.41) is 196. The van der Waals surface area contributed by atoms with Gasteiger partial charge in [-0.25, -0.2) is 0 Å². The smallest absolute Gasteiger partial charge is 0.306 e. The highest BCUT2D eigenvalue weighted by Crippen LogP contribution is 2.38. The number of carbonyl (C=O) groups is 2. The van der Waals surface area contributed by atoms with Crippen molar-refractivity contribution >= 4 is 11.9 Å². The average Bonchev–Trinajstić information content (AvgIpc) is 3.37. The van der Waals surface area contributed by atoms with Crippen molar-refractivity contribution in [1.29, 1.82) is 0 Å². The highest BCUT2D eigenvalue weighted by Gasteiger charge is 2.59. The topological polar surface area (TPSA) is 518 Å². The second-order valence-corrected chi connectivity index (χ2v) is 18.2. The van der Waals surface area contributed by atoms with Gasteiger partial charge in [-0.2, -0.15) is 0 Å². The van der Waals surface area contributed by atoms with E-state index in [1.165, 1.54) is 0 Å². The molecule has 0 radical (unpaired) electrons. The first kappa shape index (κ1) is 58.5. The van der Waals surface area contributed by atoms with Crippen LogP contribution in [0.3, 0.4) is 0 Å². The molecule has 30 atom stereocenters. The van der Waals surface area contributed by atoms with Crippen LogP contribution >= 0.6 is 0 Å². The molecule has 422 valence electrons. The number of carboxylic acids is 1. The van der Waals surface area contributed by atoms with Gasteiger partial charge in [-0.1, -0.05) is 0 Å². The van der Waals surface area contributed by atoms with Gasteiger partial charge in [0.15, 0.2) is 37.7 Å². The number of aliphatic hydroxyl groups excluding tert-OH is 17. The Morgan fingerprint density at radius 1 is 0.301 bits per heavy atom. The van der Waals surface area contributed by atoms with Crippen molar-refractivity contribution in [2.45, 2.75) is 197 Å². The van der Waals surface area contributed by atoms with E-state index < -0.39 is 249 Å². The van der Waals surface area contributed by atoms with Crippen molar-refractivity contribution in [2.75, 3.05) is 39.6 Å². The second-order valence-electron chi connectivity index (χ2n) is 18.2. The molecule has 22 fully saturated rings. The minimum Gasteiger partial charge on any atom is -0.481 e. The molecular weight excluding hydrogens is 1010 g/mol. The number of ether oxygens (including phenoxy) is 13. The Morgan fingerprint density at radius 2 is 0.507 bits per heavy atom. The van der Waals surface area contributed by atoms with Crippen molar-refractivity contribution in [3.05, 3.63) is 0 Å². The van der Waals surface area contributed by atoms with Gasteiger partial charge in [-0.15, -0.1) is 0 Å². The quantitative estimate of drug-likeness (QED) is 0.0903. The summed E-state index contributed by atoms with van der Waals surface area (Å²) in [4.78, 5) is 23.6. The van der Waals surface area contributed by atoms with E-state index in [1.54, 1.807) is 0 Å². The van der Waals surface area contributed by atoms with Gasteiger partial charge in [0.1, 0.15) is 153 Å². The van der Waals surface area contributed by atoms with E-state index in [0.29, 0.717) is 0 Å². The minimum absolute atomic E-state index is 0.674. The molecule has 22 rings (SSSR count). The molecule has 18 N–H and O–H groups in total. The van der Waals surface area contributed by atoms with Crippen molar-refractivity contribution in [3.63, 3.8) is 0 Å². The molecule has 73 heavy (non-hydrogen) atoms. The average molecular weight is 1070 g/mol. The summed E-state index contributed by atoms with van der Waals surface area (Å²) >= 11 is 0. The third-order valence-corrected chi connectivity index (χ3v) is 13.4. The lowest BCUT2D eigenvalue weighted by atomic mass is 9.94. The Morgan fingerprint density at radius 3 is 0.712 bits per heavy atom. The predicted molar refractivity (Wildman–Crippen MR) is 217 cm³/mol. The maximum atomic E-state index is 12.5. The van der Waals surface area contributed by atoms with Gasteiger partial charge in [0, 0.05) is 0 Å². The van der Waals surface area contributed by atoms with Crippen molar-refractivity contribution in [1.82, 2.24) is 0 Å². The molecule has 0 aromatic heterocycles. The summed E-state index contributed by atoms with van der Waals surface area (Å²) in [6.45, 7) is -6.17. The summed E-state index contributed by atoms with van der Waals surface area (Å²) in [6.07, 6.45) is -62.1. The normalized spacial score (nSPS) is 51.0. The second kappa shape index (κ2) is 25.1. The maximum Gasteiger partial charge on any atom is 0.306 e. The standard InChI is InChI=1S/C40H64O33/c41-3-9-29-17(49)23(55)35(62-9)69-30-10(4-42)64-37(25(57)19(30)51)71-32-12(6-44)66-39(27(59)21(32)53)73-34-14(8-61-16(48)2-1-15(46)47)67-40(28(60)22(34)54)72-33-13(7-45)65-38(26(58)20(33)52)70-31-11(5-43)63-36(68-29)24(56)18(31)50/h9-14,17-45,49-60H,1-8H2,(H,46,47)/t9-,10-,11-,12-,13-,14-,17-,18-,19-,20-,21-,22-,23-,24-,25-,26-,27-,28-,29-,30-,31-,32-,33-,34-,35-,36-,37-,38-,39-,40-/m1/s1. The van der Waals surface area contributed by atoms with Crippen LogP contribution in [0.25, 0.3) is 0 Å². The summed E-state index contributed by atoms with van der Waals surface area (Å²) < 4.78 is 73.6. The lowest BCUT2D eigenvalue weighted by Crippen LogP contribution is -2.69. The van der Waals surface area contributed by atoms with Crippen LogP contribution in [-0.4, -0.2) is 328 Å². The summed E-state index contributed by atoms with van der Waals surface area (Å²) in [5.41, 5.74) is 0. The van der Waals surface area contributed by atoms with E-state index in [-0.39, 0.29) is 0 Å². The number of carboxylic acid groups (broad SMARTS) is 1. The Balaban J connectivity index is 1.21. The maximum absolute atomic E-state index is 12.5. The molecule has 0 aromatic rings. The molecule has 33 nitrogen and oxygen atoms in total. The van der Waals surface area contributed by atoms with Gasteiger partial charge < -0.3 is 153 Å². The van der Waals surface area contributed by atoms with Crippen molar-refractivity contribution in [3.8, 4) is 0 Å². The lowest BCUT2D eigenvalue weighted by molar-refractivity contribution is -0.404. The summed E-state index contributed by atoms with van der Waals surface area (Å²) in [7, 11) is 0. The van der Waals surface area contributed by atoms with Crippen molar-refractivity contribution < 1.29 is 163 Å². The Hall–Kier alpha value is -2.22. The van der Waals surface area contributed by atoms with Crippen LogP contribution in [0.1, 0.15) is 12.8 Å². The Labute approximate surface area is 411 Å². The van der Waals surface area contributed by atoms with E-state index in [4.69, 9.17) is 66.7 Å². The Bertz CT molecular complexity index is 1760. The van der Waals surface area contributed by atoms with Crippen LogP contribution in [0.15, 0.2) is 0 Å². The molecule has 0 aliphatic carbocycles. The zero-order valence-electron chi connectivity index (χ0n) is 38.2. The largest absolute Gasteiger partial charge is 0.481 e. The van der Waals surface area contributed by atoms with Gasteiger partial charge in [0.2, 0.25) is 0 Å². The minimum atomic E-state index is -2.27. The first-order valence-electron chi connectivity index (χ1n) is 23.1. The highest BCUT2D eigenvalue weighted by atomic mass is 16.8. The van der Waals surface area contributed by atoms with Gasteiger partial charge in [0.05, 0.1) is 45.9 Å². The number of aliphatic carboxylic acids is 1. The van der Waals surface area contributed by atoms with Gasteiger partial charge in [-0.3, -0.25) is 9.59 Å². The lowest BCUT2D eigenvalue weighted by Gasteiger charge is -2.50. The fraction of sp³-hybridized carbons (Fsp3) is 0.950. The van der Waals surface area contributed by atoms with E-state index in [9.17, 15) is 96.4 Å². The molecule has 12 bridgehead atoms. The van der Waals surface area contributed by atoms with E-state index in [2.05, 4.69) is 0 Å². The summed E-state index contributed by atoms with van der Waals surface area (Å²) in [6, 6.07) is 0. The van der Waals surface area contributed by atoms with Crippen LogP contribution in [0.5, 0.6) is 0 Å². The van der Waals surface area contributed by atoms with E-state index in [1.807, 2.05) is 0 Å². The number of aliphatic hydroxyl groups is 17. The van der Waals surface area contributed by atoms with Crippen LogP contribution in [0, 0.1) is 0 Å². The zero-order chi connectivity index (χ0) is 53.3. The fourth-order valence-corrected chi connectivity index (χ4v) is 9.37. The monoisotopic (exact) mass is 1070 g/mol. The molecule has 22 aliphatic rings. The fourth-order valence-electron chi connectivity index (χ4n) is 9.37.